The molecule has 0 atom stereocenters. The standard InChI is InChI=1S/C20H21N3O2/c1-13-6-9-16(10-7-13)19-22-21-18(25-19)12-23(4)20(24)17-11-14(2)5-8-15(17)3/h5-11H,12H2,1-4H3. The van der Waals surface area contributed by atoms with E-state index in [1.807, 2.05) is 63.2 Å². The molecule has 0 spiro atoms. The minimum Gasteiger partial charge on any atom is -0.419 e. The number of amides is 1. The van der Waals surface area contributed by atoms with E-state index in [2.05, 4.69) is 10.2 Å². The highest BCUT2D eigenvalue weighted by molar-refractivity contribution is 5.95. The van der Waals surface area contributed by atoms with Crippen molar-refractivity contribution in [3.8, 4) is 11.5 Å². The molecule has 5 nitrogen and oxygen atoms in total. The van der Waals surface area contributed by atoms with Crippen LogP contribution in [0, 0.1) is 20.8 Å². The van der Waals surface area contributed by atoms with Gasteiger partial charge < -0.3 is 9.32 Å². The minimum absolute atomic E-state index is 0.0590. The Morgan fingerprint density at radius 2 is 1.68 bits per heavy atom. The Hall–Kier alpha value is -2.95. The van der Waals surface area contributed by atoms with Crippen LogP contribution in [-0.4, -0.2) is 28.1 Å². The van der Waals surface area contributed by atoms with E-state index in [0.717, 1.165) is 16.7 Å². The van der Waals surface area contributed by atoms with Crippen LogP contribution < -0.4 is 0 Å². The smallest absolute Gasteiger partial charge is 0.254 e. The normalized spacial score (nSPS) is 10.7. The van der Waals surface area contributed by atoms with Crippen molar-refractivity contribution in [1.82, 2.24) is 15.1 Å². The number of hydrogen-bond donors (Lipinski definition) is 0. The molecule has 5 heteroatoms. The zero-order chi connectivity index (χ0) is 18.0. The Balaban J connectivity index is 1.75. The molecule has 3 aromatic rings. The zero-order valence-electron chi connectivity index (χ0n) is 14.9. The molecule has 0 aliphatic carbocycles. The molecule has 0 saturated heterocycles. The molecule has 2 aromatic carbocycles. The van der Waals surface area contributed by atoms with E-state index in [-0.39, 0.29) is 12.5 Å². The molecule has 0 fully saturated rings. The Morgan fingerprint density at radius 1 is 1.00 bits per heavy atom. The van der Waals surface area contributed by atoms with E-state index in [4.69, 9.17) is 4.42 Å². The summed E-state index contributed by atoms with van der Waals surface area (Å²) in [5, 5.41) is 8.14. The van der Waals surface area contributed by atoms with Crippen LogP contribution >= 0.6 is 0 Å². The first-order valence-electron chi connectivity index (χ1n) is 8.16. The lowest BCUT2D eigenvalue weighted by atomic mass is 10.0. The summed E-state index contributed by atoms with van der Waals surface area (Å²) >= 11 is 0. The number of benzene rings is 2. The van der Waals surface area contributed by atoms with Crippen molar-refractivity contribution in [2.24, 2.45) is 0 Å². The van der Waals surface area contributed by atoms with Crippen molar-refractivity contribution in [1.29, 1.82) is 0 Å². The molecule has 0 aliphatic heterocycles. The third-order valence-corrected chi connectivity index (χ3v) is 4.11. The van der Waals surface area contributed by atoms with Crippen molar-refractivity contribution in [2.45, 2.75) is 27.3 Å². The molecule has 0 bridgehead atoms. The maximum atomic E-state index is 12.7. The van der Waals surface area contributed by atoms with E-state index in [1.165, 1.54) is 5.56 Å². The van der Waals surface area contributed by atoms with Crippen LogP contribution in [0.3, 0.4) is 0 Å². The van der Waals surface area contributed by atoms with Gasteiger partial charge in [-0.3, -0.25) is 4.79 Å². The van der Waals surface area contributed by atoms with Gasteiger partial charge in [0.25, 0.3) is 5.91 Å². The van der Waals surface area contributed by atoms with Gasteiger partial charge in [0.2, 0.25) is 11.8 Å². The molecule has 1 aromatic heterocycles. The fourth-order valence-corrected chi connectivity index (χ4v) is 2.58. The summed E-state index contributed by atoms with van der Waals surface area (Å²) in [6, 6.07) is 13.7. The van der Waals surface area contributed by atoms with Gasteiger partial charge in [0.05, 0.1) is 6.54 Å². The van der Waals surface area contributed by atoms with Crippen LogP contribution in [0.4, 0.5) is 0 Å². The van der Waals surface area contributed by atoms with Gasteiger partial charge in [0, 0.05) is 18.2 Å². The molecule has 1 amide bonds. The second kappa shape index (κ2) is 6.89. The van der Waals surface area contributed by atoms with Crippen LogP contribution in [0.15, 0.2) is 46.9 Å². The van der Waals surface area contributed by atoms with E-state index < -0.39 is 0 Å². The Morgan fingerprint density at radius 3 is 2.40 bits per heavy atom. The van der Waals surface area contributed by atoms with Gasteiger partial charge in [0.1, 0.15) is 0 Å². The van der Waals surface area contributed by atoms with Crippen LogP contribution in [0.1, 0.15) is 32.9 Å². The minimum atomic E-state index is -0.0590. The van der Waals surface area contributed by atoms with E-state index in [0.29, 0.717) is 17.3 Å². The predicted molar refractivity (Wildman–Crippen MR) is 96.2 cm³/mol. The lowest BCUT2D eigenvalue weighted by Crippen LogP contribution is -2.27. The van der Waals surface area contributed by atoms with Crippen molar-refractivity contribution >= 4 is 5.91 Å². The fourth-order valence-electron chi connectivity index (χ4n) is 2.58. The fraction of sp³-hybridized carbons (Fsp3) is 0.250. The molecule has 128 valence electrons. The van der Waals surface area contributed by atoms with Crippen molar-refractivity contribution in [3.63, 3.8) is 0 Å². The molecule has 1 heterocycles. The first kappa shape index (κ1) is 16.9. The SMILES string of the molecule is Cc1ccc(-c2nnc(CN(C)C(=O)c3cc(C)ccc3C)o2)cc1. The molecule has 0 aliphatic rings. The molecule has 0 radical (unpaired) electrons. The highest BCUT2D eigenvalue weighted by Gasteiger charge is 2.17. The predicted octanol–water partition coefficient (Wildman–Crippen LogP) is 3.93. The highest BCUT2D eigenvalue weighted by Crippen LogP contribution is 2.19. The average Bonchev–Trinajstić information content (AvgIpc) is 3.05. The highest BCUT2D eigenvalue weighted by atomic mass is 16.4. The molecular weight excluding hydrogens is 314 g/mol. The number of rotatable bonds is 4. The molecule has 0 N–H and O–H groups in total. The summed E-state index contributed by atoms with van der Waals surface area (Å²) in [6.45, 7) is 6.20. The largest absolute Gasteiger partial charge is 0.419 e. The van der Waals surface area contributed by atoms with E-state index in [9.17, 15) is 4.79 Å². The molecule has 0 saturated carbocycles. The third kappa shape index (κ3) is 3.76. The Kier molecular flexibility index (Phi) is 4.65. The quantitative estimate of drug-likeness (QED) is 0.725. The Labute approximate surface area is 147 Å². The summed E-state index contributed by atoms with van der Waals surface area (Å²) in [5.74, 6) is 0.815. The van der Waals surface area contributed by atoms with Crippen LogP contribution in [0.5, 0.6) is 0 Å². The lowest BCUT2D eigenvalue weighted by Gasteiger charge is -2.16. The van der Waals surface area contributed by atoms with Gasteiger partial charge in [-0.2, -0.15) is 0 Å². The van der Waals surface area contributed by atoms with Gasteiger partial charge in [-0.05, 0) is 44.5 Å². The number of aromatic nitrogens is 2. The van der Waals surface area contributed by atoms with Gasteiger partial charge in [-0.15, -0.1) is 10.2 Å². The van der Waals surface area contributed by atoms with Gasteiger partial charge in [-0.25, -0.2) is 0 Å². The maximum Gasteiger partial charge on any atom is 0.254 e. The van der Waals surface area contributed by atoms with E-state index >= 15 is 0 Å². The van der Waals surface area contributed by atoms with Crippen molar-refractivity contribution < 1.29 is 9.21 Å². The second-order valence-electron chi connectivity index (χ2n) is 6.35. The van der Waals surface area contributed by atoms with Crippen LogP contribution in [0.2, 0.25) is 0 Å². The summed E-state index contributed by atoms with van der Waals surface area (Å²) < 4.78 is 5.70. The van der Waals surface area contributed by atoms with Crippen LogP contribution in [-0.2, 0) is 6.54 Å². The summed E-state index contributed by atoms with van der Waals surface area (Å²) in [4.78, 5) is 14.3. The topological polar surface area (TPSA) is 59.2 Å². The summed E-state index contributed by atoms with van der Waals surface area (Å²) in [6.07, 6.45) is 0. The third-order valence-electron chi connectivity index (χ3n) is 4.11. The Bertz CT molecular complexity index is 898. The molecule has 0 unspecified atom stereocenters. The maximum absolute atomic E-state index is 12.7. The number of carbonyl (C=O) groups is 1. The van der Waals surface area contributed by atoms with Crippen molar-refractivity contribution in [3.05, 3.63) is 70.6 Å². The number of nitrogens with zero attached hydrogens (tertiary/aromatic N) is 3. The van der Waals surface area contributed by atoms with E-state index in [1.54, 1.807) is 11.9 Å². The molecule has 25 heavy (non-hydrogen) atoms. The molecular formula is C20H21N3O2. The monoisotopic (exact) mass is 335 g/mol. The number of carbonyl (C=O) groups excluding carboxylic acids is 1. The zero-order valence-corrected chi connectivity index (χ0v) is 14.9. The van der Waals surface area contributed by atoms with Gasteiger partial charge >= 0.3 is 0 Å². The van der Waals surface area contributed by atoms with Crippen molar-refractivity contribution in [2.75, 3.05) is 7.05 Å². The summed E-state index contributed by atoms with van der Waals surface area (Å²) in [7, 11) is 1.74. The van der Waals surface area contributed by atoms with Gasteiger partial charge in [-0.1, -0.05) is 35.4 Å². The average molecular weight is 335 g/mol. The lowest BCUT2D eigenvalue weighted by molar-refractivity contribution is 0.0772. The first-order valence-corrected chi connectivity index (χ1v) is 8.16. The second-order valence-corrected chi connectivity index (χ2v) is 6.35. The van der Waals surface area contributed by atoms with Gasteiger partial charge in [0.15, 0.2) is 0 Å². The number of aryl methyl sites for hydroxylation is 3. The first-order chi connectivity index (χ1) is 11.9. The molecule has 3 rings (SSSR count). The number of hydrogen-bond acceptors (Lipinski definition) is 4. The summed E-state index contributed by atoms with van der Waals surface area (Å²) in [5.41, 5.74) is 4.74. The van der Waals surface area contributed by atoms with Crippen LogP contribution in [0.25, 0.3) is 11.5 Å².